The summed E-state index contributed by atoms with van der Waals surface area (Å²) < 4.78 is 10.4. The van der Waals surface area contributed by atoms with Gasteiger partial charge in [0.1, 0.15) is 18.4 Å². The standard InChI is InChI=1S/C17H19NO5/c1-12(17(20)21)18(10-13-6-4-3-5-7-13)16(19)15-9-8-14(23-15)11-22-2/h3-9,12H,10-11H2,1-2H3,(H,20,21). The number of carbonyl (C=O) groups is 2. The molecule has 2 rings (SSSR count). The number of nitrogens with zero attached hydrogens (tertiary/aromatic N) is 1. The van der Waals surface area contributed by atoms with E-state index in [2.05, 4.69) is 0 Å². The quantitative estimate of drug-likeness (QED) is 0.849. The van der Waals surface area contributed by atoms with Gasteiger partial charge in [-0.3, -0.25) is 4.79 Å². The smallest absolute Gasteiger partial charge is 0.326 e. The summed E-state index contributed by atoms with van der Waals surface area (Å²) in [6, 6.07) is 11.4. The second kappa shape index (κ2) is 7.60. The lowest BCUT2D eigenvalue weighted by Gasteiger charge is -2.25. The van der Waals surface area contributed by atoms with E-state index in [1.807, 2.05) is 30.3 Å². The van der Waals surface area contributed by atoms with Crippen molar-refractivity contribution in [1.29, 1.82) is 0 Å². The van der Waals surface area contributed by atoms with Gasteiger partial charge in [-0.1, -0.05) is 30.3 Å². The van der Waals surface area contributed by atoms with E-state index in [4.69, 9.17) is 9.15 Å². The number of ether oxygens (including phenoxy) is 1. The molecule has 6 nitrogen and oxygen atoms in total. The lowest BCUT2D eigenvalue weighted by atomic mass is 10.1. The number of hydrogen-bond acceptors (Lipinski definition) is 4. The Hall–Kier alpha value is -2.60. The summed E-state index contributed by atoms with van der Waals surface area (Å²) in [6.07, 6.45) is 0. The Labute approximate surface area is 134 Å². The molecule has 0 radical (unpaired) electrons. The van der Waals surface area contributed by atoms with E-state index in [1.165, 1.54) is 25.0 Å². The fourth-order valence-corrected chi connectivity index (χ4v) is 2.15. The minimum Gasteiger partial charge on any atom is -0.480 e. The van der Waals surface area contributed by atoms with E-state index in [1.54, 1.807) is 6.07 Å². The maximum Gasteiger partial charge on any atom is 0.326 e. The molecule has 1 unspecified atom stereocenters. The number of hydrogen-bond donors (Lipinski definition) is 1. The first-order valence-corrected chi connectivity index (χ1v) is 7.18. The molecule has 1 amide bonds. The van der Waals surface area contributed by atoms with Crippen molar-refractivity contribution < 1.29 is 23.8 Å². The van der Waals surface area contributed by atoms with Gasteiger partial charge in [0.15, 0.2) is 5.76 Å². The fourth-order valence-electron chi connectivity index (χ4n) is 2.15. The number of furan rings is 1. The highest BCUT2D eigenvalue weighted by Crippen LogP contribution is 2.16. The van der Waals surface area contributed by atoms with Gasteiger partial charge in [-0.2, -0.15) is 0 Å². The van der Waals surface area contributed by atoms with E-state index < -0.39 is 17.9 Å². The van der Waals surface area contributed by atoms with Crippen molar-refractivity contribution in [3.05, 3.63) is 59.5 Å². The van der Waals surface area contributed by atoms with Crippen molar-refractivity contribution in [3.8, 4) is 0 Å². The number of amides is 1. The van der Waals surface area contributed by atoms with Crippen LogP contribution in [0.5, 0.6) is 0 Å². The third kappa shape index (κ3) is 4.20. The van der Waals surface area contributed by atoms with Crippen LogP contribution in [-0.4, -0.2) is 35.0 Å². The zero-order chi connectivity index (χ0) is 16.8. The maximum absolute atomic E-state index is 12.6. The first-order chi connectivity index (χ1) is 11.0. The summed E-state index contributed by atoms with van der Waals surface area (Å²) in [6.45, 7) is 1.91. The van der Waals surface area contributed by atoms with Gasteiger partial charge in [0.05, 0.1) is 0 Å². The number of carboxylic acids is 1. The molecule has 1 atom stereocenters. The Balaban J connectivity index is 2.24. The van der Waals surface area contributed by atoms with Crippen LogP contribution >= 0.6 is 0 Å². The molecule has 0 aliphatic rings. The highest BCUT2D eigenvalue weighted by atomic mass is 16.5. The molecule has 0 fully saturated rings. The van der Waals surface area contributed by atoms with E-state index >= 15 is 0 Å². The molecule has 122 valence electrons. The molecule has 0 spiro atoms. The van der Waals surface area contributed by atoms with Crippen molar-refractivity contribution in [3.63, 3.8) is 0 Å². The van der Waals surface area contributed by atoms with Crippen LogP contribution in [0.1, 0.15) is 28.8 Å². The lowest BCUT2D eigenvalue weighted by Crippen LogP contribution is -2.42. The number of rotatable bonds is 7. The third-order valence-corrected chi connectivity index (χ3v) is 3.44. The minimum atomic E-state index is -1.07. The zero-order valence-electron chi connectivity index (χ0n) is 13.1. The van der Waals surface area contributed by atoms with Gasteiger partial charge in [-0.15, -0.1) is 0 Å². The van der Waals surface area contributed by atoms with Crippen LogP contribution in [-0.2, 0) is 22.7 Å². The van der Waals surface area contributed by atoms with Crippen molar-refractivity contribution in [2.45, 2.75) is 26.1 Å². The summed E-state index contributed by atoms with van der Waals surface area (Å²) in [5.41, 5.74) is 0.845. The van der Waals surface area contributed by atoms with Crippen LogP contribution in [0.3, 0.4) is 0 Å². The van der Waals surface area contributed by atoms with Crippen LogP contribution in [0.2, 0.25) is 0 Å². The first-order valence-electron chi connectivity index (χ1n) is 7.18. The Kier molecular flexibility index (Phi) is 5.54. The molecule has 0 aliphatic heterocycles. The molecule has 1 N–H and O–H groups in total. The molecule has 1 heterocycles. The summed E-state index contributed by atoms with van der Waals surface area (Å²) in [7, 11) is 1.53. The lowest BCUT2D eigenvalue weighted by molar-refractivity contribution is -0.141. The molecule has 1 aromatic heterocycles. The number of carboxylic acid groups (broad SMARTS) is 1. The van der Waals surface area contributed by atoms with E-state index in [9.17, 15) is 14.7 Å². The summed E-state index contributed by atoms with van der Waals surface area (Å²) in [5.74, 6) is -0.927. The van der Waals surface area contributed by atoms with Crippen molar-refractivity contribution in [2.75, 3.05) is 7.11 Å². The van der Waals surface area contributed by atoms with Crippen molar-refractivity contribution >= 4 is 11.9 Å². The Morgan fingerprint density at radius 1 is 1.22 bits per heavy atom. The normalized spacial score (nSPS) is 11.9. The minimum absolute atomic E-state index is 0.0982. The van der Waals surface area contributed by atoms with Crippen LogP contribution in [0.15, 0.2) is 46.9 Å². The number of carbonyl (C=O) groups excluding carboxylic acids is 1. The monoisotopic (exact) mass is 317 g/mol. The highest BCUT2D eigenvalue weighted by Gasteiger charge is 2.28. The second-order valence-corrected chi connectivity index (χ2v) is 5.13. The van der Waals surface area contributed by atoms with E-state index in [0.717, 1.165) is 5.56 Å². The van der Waals surface area contributed by atoms with E-state index in [-0.39, 0.29) is 18.9 Å². The van der Waals surface area contributed by atoms with E-state index in [0.29, 0.717) is 5.76 Å². The van der Waals surface area contributed by atoms with Gasteiger partial charge in [-0.05, 0) is 24.6 Å². The topological polar surface area (TPSA) is 80.0 Å². The molecular formula is C17H19NO5. The molecule has 0 saturated carbocycles. The first kappa shape index (κ1) is 16.8. The maximum atomic E-state index is 12.6. The van der Waals surface area contributed by atoms with Crippen LogP contribution in [0.4, 0.5) is 0 Å². The second-order valence-electron chi connectivity index (χ2n) is 5.13. The Morgan fingerprint density at radius 3 is 2.52 bits per heavy atom. The van der Waals surface area contributed by atoms with Gasteiger partial charge >= 0.3 is 5.97 Å². The Morgan fingerprint density at radius 2 is 1.91 bits per heavy atom. The molecule has 1 aromatic carbocycles. The fraction of sp³-hybridized carbons (Fsp3) is 0.294. The number of methoxy groups -OCH3 is 1. The van der Waals surface area contributed by atoms with Gasteiger partial charge in [-0.25, -0.2) is 4.79 Å². The molecule has 2 aromatic rings. The average Bonchev–Trinajstić information content (AvgIpc) is 3.01. The number of benzene rings is 1. The van der Waals surface area contributed by atoms with Crippen LogP contribution < -0.4 is 0 Å². The van der Waals surface area contributed by atoms with Gasteiger partial charge in [0.25, 0.3) is 5.91 Å². The third-order valence-electron chi connectivity index (χ3n) is 3.44. The zero-order valence-corrected chi connectivity index (χ0v) is 13.1. The van der Waals surface area contributed by atoms with Gasteiger partial charge in [0.2, 0.25) is 0 Å². The van der Waals surface area contributed by atoms with Crippen LogP contribution in [0, 0.1) is 0 Å². The average molecular weight is 317 g/mol. The Bertz CT molecular complexity index is 665. The molecule has 0 aliphatic carbocycles. The van der Waals surface area contributed by atoms with Crippen LogP contribution in [0.25, 0.3) is 0 Å². The van der Waals surface area contributed by atoms with Crippen molar-refractivity contribution in [1.82, 2.24) is 4.90 Å². The predicted octanol–water partition coefficient (Wildman–Crippen LogP) is 2.54. The molecule has 0 saturated heterocycles. The molecule has 23 heavy (non-hydrogen) atoms. The van der Waals surface area contributed by atoms with Gasteiger partial charge in [0, 0.05) is 13.7 Å². The summed E-state index contributed by atoms with van der Waals surface area (Å²) >= 11 is 0. The molecular weight excluding hydrogens is 298 g/mol. The molecule has 6 heteroatoms. The highest BCUT2D eigenvalue weighted by molar-refractivity contribution is 5.94. The summed E-state index contributed by atoms with van der Waals surface area (Å²) in [4.78, 5) is 25.2. The predicted molar refractivity (Wildman–Crippen MR) is 82.8 cm³/mol. The number of aliphatic carboxylic acids is 1. The summed E-state index contributed by atoms with van der Waals surface area (Å²) in [5, 5.41) is 9.27. The van der Waals surface area contributed by atoms with Gasteiger partial charge < -0.3 is 19.2 Å². The molecule has 0 bridgehead atoms. The largest absolute Gasteiger partial charge is 0.480 e. The van der Waals surface area contributed by atoms with Crippen molar-refractivity contribution in [2.24, 2.45) is 0 Å². The SMILES string of the molecule is COCc1ccc(C(=O)N(Cc2ccccc2)C(C)C(=O)O)o1.